The Labute approximate surface area is 151 Å². The van der Waals surface area contributed by atoms with Crippen LogP contribution in [-0.4, -0.2) is 24.3 Å². The highest BCUT2D eigenvalue weighted by Crippen LogP contribution is 2.34. The third kappa shape index (κ3) is 5.57. The van der Waals surface area contributed by atoms with Gasteiger partial charge in [-0.2, -0.15) is 0 Å². The van der Waals surface area contributed by atoms with Crippen molar-refractivity contribution in [2.45, 2.75) is 51.7 Å². The first-order valence-electron chi connectivity index (χ1n) is 7.93. The number of halogens is 2. The van der Waals surface area contributed by atoms with Crippen LogP contribution in [0, 0.1) is 5.92 Å². The van der Waals surface area contributed by atoms with Gasteiger partial charge in [0.25, 0.3) is 0 Å². The van der Waals surface area contributed by atoms with Crippen LogP contribution in [0.2, 0.25) is 5.02 Å². The Bertz CT molecular complexity index is 560. The Morgan fingerprint density at radius 3 is 2.83 bits per heavy atom. The fourth-order valence-electron chi connectivity index (χ4n) is 2.81. The van der Waals surface area contributed by atoms with Crippen molar-refractivity contribution in [1.29, 1.82) is 0 Å². The molecule has 2 rings (SSSR count). The van der Waals surface area contributed by atoms with E-state index < -0.39 is 5.60 Å². The number of benzene rings is 1. The van der Waals surface area contributed by atoms with Crippen LogP contribution in [-0.2, 0) is 4.74 Å². The molecular weight excluding hydrogens is 380 g/mol. The monoisotopic (exact) mass is 402 g/mol. The maximum absolute atomic E-state index is 11.8. The van der Waals surface area contributed by atoms with E-state index in [1.165, 1.54) is 0 Å². The van der Waals surface area contributed by atoms with Gasteiger partial charge in [0.05, 0.1) is 15.2 Å². The first-order valence-corrected chi connectivity index (χ1v) is 9.11. The van der Waals surface area contributed by atoms with Crippen LogP contribution in [0.4, 0.5) is 10.5 Å². The van der Waals surface area contributed by atoms with Crippen molar-refractivity contribution in [2.24, 2.45) is 5.92 Å². The summed E-state index contributed by atoms with van der Waals surface area (Å²) in [6, 6.07) is 6.11. The van der Waals surface area contributed by atoms with Gasteiger partial charge in [-0.05, 0) is 67.6 Å². The minimum absolute atomic E-state index is 0.319. The lowest BCUT2D eigenvalue weighted by Gasteiger charge is -2.24. The molecule has 1 aromatic rings. The van der Waals surface area contributed by atoms with Gasteiger partial charge in [0.1, 0.15) is 5.60 Å². The van der Waals surface area contributed by atoms with Crippen molar-refractivity contribution in [3.63, 3.8) is 0 Å². The molecule has 4 nitrogen and oxygen atoms in total. The van der Waals surface area contributed by atoms with Gasteiger partial charge in [0.15, 0.2) is 0 Å². The Balaban J connectivity index is 1.90. The first kappa shape index (κ1) is 18.4. The second kappa shape index (κ2) is 7.75. The zero-order valence-electron chi connectivity index (χ0n) is 13.8. The molecule has 128 valence electrons. The fourth-order valence-corrected chi connectivity index (χ4v) is 3.37. The SMILES string of the molecule is CC(C)(C)OC(=O)NCC1CCCC1Nc1cccc(Cl)c1Br. The Morgan fingerprint density at radius 1 is 1.39 bits per heavy atom. The van der Waals surface area contributed by atoms with Crippen LogP contribution in [0.1, 0.15) is 40.0 Å². The minimum atomic E-state index is -0.469. The van der Waals surface area contributed by atoms with Crippen molar-refractivity contribution in [2.75, 3.05) is 11.9 Å². The summed E-state index contributed by atoms with van der Waals surface area (Å²) >= 11 is 9.66. The second-order valence-corrected chi connectivity index (χ2v) is 8.13. The smallest absolute Gasteiger partial charge is 0.407 e. The zero-order valence-corrected chi connectivity index (χ0v) is 16.1. The van der Waals surface area contributed by atoms with Crippen molar-refractivity contribution < 1.29 is 9.53 Å². The second-order valence-electron chi connectivity index (χ2n) is 6.93. The van der Waals surface area contributed by atoms with E-state index >= 15 is 0 Å². The lowest BCUT2D eigenvalue weighted by Crippen LogP contribution is -2.38. The molecular formula is C17H24BrClN2O2. The summed E-state index contributed by atoms with van der Waals surface area (Å²) < 4.78 is 6.17. The molecule has 1 amide bonds. The molecule has 1 fully saturated rings. The van der Waals surface area contributed by atoms with Crippen LogP contribution in [0.15, 0.2) is 22.7 Å². The van der Waals surface area contributed by atoms with E-state index in [1.54, 1.807) is 0 Å². The quantitative estimate of drug-likeness (QED) is 0.725. The number of anilines is 1. The molecule has 0 bridgehead atoms. The van der Waals surface area contributed by atoms with Crippen LogP contribution >= 0.6 is 27.5 Å². The van der Waals surface area contributed by atoms with E-state index in [1.807, 2.05) is 39.0 Å². The number of hydrogen-bond acceptors (Lipinski definition) is 3. The van der Waals surface area contributed by atoms with Crippen LogP contribution in [0.3, 0.4) is 0 Å². The topological polar surface area (TPSA) is 50.4 Å². The van der Waals surface area contributed by atoms with Crippen LogP contribution < -0.4 is 10.6 Å². The standard InChI is InChI=1S/C17H24BrClN2O2/c1-17(2,3)23-16(22)20-10-11-6-4-8-13(11)21-14-9-5-7-12(19)15(14)18/h5,7,9,11,13,21H,4,6,8,10H2,1-3H3,(H,20,22). The Morgan fingerprint density at radius 2 is 2.13 bits per heavy atom. The molecule has 1 aliphatic rings. The molecule has 0 aliphatic heterocycles. The molecule has 1 saturated carbocycles. The summed E-state index contributed by atoms with van der Waals surface area (Å²) in [6.07, 6.45) is 2.97. The summed E-state index contributed by atoms with van der Waals surface area (Å²) in [5.74, 6) is 0.383. The number of alkyl carbamates (subject to hydrolysis) is 1. The average Bonchev–Trinajstić information content (AvgIpc) is 2.87. The molecule has 6 heteroatoms. The molecule has 1 aromatic carbocycles. The predicted octanol–water partition coefficient (Wildman–Crippen LogP) is 5.21. The summed E-state index contributed by atoms with van der Waals surface area (Å²) in [5.41, 5.74) is 0.523. The highest BCUT2D eigenvalue weighted by Gasteiger charge is 2.28. The van der Waals surface area contributed by atoms with Crippen molar-refractivity contribution in [3.05, 3.63) is 27.7 Å². The Hall–Kier alpha value is -0.940. The van der Waals surface area contributed by atoms with Gasteiger partial charge >= 0.3 is 6.09 Å². The fraction of sp³-hybridized carbons (Fsp3) is 0.588. The normalized spacial score (nSPS) is 21.1. The third-order valence-electron chi connectivity index (χ3n) is 3.86. The number of carbonyl (C=O) groups excluding carboxylic acids is 1. The first-order chi connectivity index (χ1) is 10.8. The predicted molar refractivity (Wildman–Crippen MR) is 98.1 cm³/mol. The molecule has 1 aliphatic carbocycles. The molecule has 0 heterocycles. The molecule has 0 spiro atoms. The molecule has 0 radical (unpaired) electrons. The van der Waals surface area contributed by atoms with Crippen molar-refractivity contribution in [3.8, 4) is 0 Å². The van der Waals surface area contributed by atoms with Gasteiger partial charge in [0, 0.05) is 12.6 Å². The highest BCUT2D eigenvalue weighted by molar-refractivity contribution is 9.10. The molecule has 2 N–H and O–H groups in total. The molecule has 23 heavy (non-hydrogen) atoms. The number of rotatable bonds is 4. The minimum Gasteiger partial charge on any atom is -0.444 e. The van der Waals surface area contributed by atoms with Gasteiger partial charge in [0.2, 0.25) is 0 Å². The summed E-state index contributed by atoms with van der Waals surface area (Å²) in [4.78, 5) is 11.8. The lowest BCUT2D eigenvalue weighted by molar-refractivity contribution is 0.0519. The maximum atomic E-state index is 11.8. The van der Waals surface area contributed by atoms with Crippen LogP contribution in [0.25, 0.3) is 0 Å². The summed E-state index contributed by atoms with van der Waals surface area (Å²) in [6.45, 7) is 6.21. The number of nitrogens with one attached hydrogen (secondary N) is 2. The van der Waals surface area contributed by atoms with Gasteiger partial charge in [-0.15, -0.1) is 0 Å². The van der Waals surface area contributed by atoms with E-state index in [4.69, 9.17) is 16.3 Å². The Kier molecular flexibility index (Phi) is 6.20. The van der Waals surface area contributed by atoms with E-state index in [2.05, 4.69) is 26.6 Å². The zero-order chi connectivity index (χ0) is 17.0. The largest absolute Gasteiger partial charge is 0.444 e. The lowest BCUT2D eigenvalue weighted by atomic mass is 10.0. The highest BCUT2D eigenvalue weighted by atomic mass is 79.9. The number of carbonyl (C=O) groups is 1. The van der Waals surface area contributed by atoms with Gasteiger partial charge in [-0.1, -0.05) is 24.1 Å². The van der Waals surface area contributed by atoms with Gasteiger partial charge in [-0.3, -0.25) is 0 Å². The number of hydrogen-bond donors (Lipinski definition) is 2. The van der Waals surface area contributed by atoms with Gasteiger partial charge < -0.3 is 15.4 Å². The number of amides is 1. The van der Waals surface area contributed by atoms with Crippen LogP contribution in [0.5, 0.6) is 0 Å². The molecule has 2 unspecified atom stereocenters. The average molecular weight is 404 g/mol. The van der Waals surface area contributed by atoms with Crippen molar-refractivity contribution >= 4 is 39.3 Å². The summed E-state index contributed by atoms with van der Waals surface area (Å²) in [5, 5.41) is 7.12. The van der Waals surface area contributed by atoms with E-state index in [-0.39, 0.29) is 6.09 Å². The number of ether oxygens (including phenoxy) is 1. The molecule has 0 saturated heterocycles. The van der Waals surface area contributed by atoms with E-state index in [9.17, 15) is 4.79 Å². The van der Waals surface area contributed by atoms with E-state index in [0.29, 0.717) is 23.5 Å². The van der Waals surface area contributed by atoms with Crippen molar-refractivity contribution in [1.82, 2.24) is 5.32 Å². The third-order valence-corrected chi connectivity index (χ3v) is 5.26. The molecule has 2 atom stereocenters. The van der Waals surface area contributed by atoms with Gasteiger partial charge in [-0.25, -0.2) is 4.79 Å². The summed E-state index contributed by atoms with van der Waals surface area (Å²) in [7, 11) is 0. The maximum Gasteiger partial charge on any atom is 0.407 e. The molecule has 0 aromatic heterocycles. The van der Waals surface area contributed by atoms with E-state index in [0.717, 1.165) is 29.4 Å².